The van der Waals surface area contributed by atoms with E-state index in [9.17, 15) is 28.8 Å². The van der Waals surface area contributed by atoms with Crippen LogP contribution in [0, 0.1) is 20.8 Å². The van der Waals surface area contributed by atoms with Crippen molar-refractivity contribution in [2.45, 2.75) is 40.4 Å². The van der Waals surface area contributed by atoms with Crippen molar-refractivity contribution in [3.05, 3.63) is 113 Å². The third-order valence-electron chi connectivity index (χ3n) is 5.29. The summed E-state index contributed by atoms with van der Waals surface area (Å²) < 4.78 is 2.90. The smallest absolute Gasteiger partial charge is 0.658 e. The Bertz CT molecular complexity index is 1440. The first-order valence-electron chi connectivity index (χ1n) is 11.5. The maximum Gasteiger partial charge on any atom is 1.00 e. The number of hydrogen-bond donors (Lipinski definition) is 3. The molecule has 0 saturated heterocycles. The van der Waals surface area contributed by atoms with Gasteiger partial charge in [-0.25, -0.2) is 14.4 Å². The number of nitrogens with one attached hydrogen (secondary N) is 3. The molecule has 20 heteroatoms. The Balaban J connectivity index is 0.00000533. The Morgan fingerprint density at radius 2 is 0.829 bits per heavy atom. The van der Waals surface area contributed by atoms with E-state index in [0.717, 1.165) is 13.7 Å². The van der Waals surface area contributed by atoms with Gasteiger partial charge in [0.1, 0.15) is 0 Å². The molecule has 3 rings (SSSR count). The van der Waals surface area contributed by atoms with E-state index in [1.165, 1.54) is 18.2 Å². The number of aromatic nitrogens is 6. The van der Waals surface area contributed by atoms with Gasteiger partial charge in [0, 0.05) is 54.9 Å². The molecule has 0 aromatic carbocycles. The van der Waals surface area contributed by atoms with E-state index in [1.807, 2.05) is 0 Å². The van der Waals surface area contributed by atoms with Crippen LogP contribution in [-0.4, -0.2) is 48.3 Å². The molecule has 0 aliphatic carbocycles. The van der Waals surface area contributed by atoms with Gasteiger partial charge in [-0.1, -0.05) is 0 Å². The van der Waals surface area contributed by atoms with Crippen molar-refractivity contribution in [3.63, 3.8) is 0 Å². The minimum absolute atomic E-state index is 0. The quantitative estimate of drug-likeness (QED) is 0.130. The van der Waals surface area contributed by atoms with Crippen molar-refractivity contribution >= 4 is 18.3 Å². The van der Waals surface area contributed by atoms with Crippen molar-refractivity contribution < 1.29 is 88.7 Å². The second-order valence-corrected chi connectivity index (χ2v) is 11.7. The number of aryl methyl sites for hydroxylation is 3. The van der Waals surface area contributed by atoms with Gasteiger partial charge >= 0.3 is 106 Å². The van der Waals surface area contributed by atoms with Crippen LogP contribution in [0.3, 0.4) is 0 Å². The zero-order chi connectivity index (χ0) is 28.0. The molecule has 0 spiro atoms. The van der Waals surface area contributed by atoms with Crippen LogP contribution in [0.4, 0.5) is 0 Å². The number of hydrogen-bond acceptors (Lipinski definition) is 7. The first-order valence-corrected chi connectivity index (χ1v) is 14.1. The molecule has 41 heavy (non-hydrogen) atoms. The van der Waals surface area contributed by atoms with Crippen molar-refractivity contribution in [1.82, 2.24) is 28.7 Å². The molecule has 0 bridgehead atoms. The molecule has 3 N–H and O–H groups in total. The van der Waals surface area contributed by atoms with Crippen molar-refractivity contribution in [1.29, 1.82) is 0 Å². The summed E-state index contributed by atoms with van der Waals surface area (Å²) in [6.45, 7) is 1.12. The Hall–Kier alpha value is -0.430. The fraction of sp³-hybridized carbons (Fsp3) is 0.429. The third kappa shape index (κ3) is 11.9. The van der Waals surface area contributed by atoms with E-state index < -0.39 is 40.2 Å². The van der Waals surface area contributed by atoms with Gasteiger partial charge in [-0.15, -0.1) is 19.6 Å². The molecule has 0 radical (unpaired) electrons. The van der Waals surface area contributed by atoms with E-state index in [-0.39, 0.29) is 128 Å². The minimum Gasteiger partial charge on any atom is -0.658 e. The molecule has 0 fully saturated rings. The fourth-order valence-corrected chi connectivity index (χ4v) is 5.55. The summed E-state index contributed by atoms with van der Waals surface area (Å²) in [6, 6.07) is 3.83. The van der Waals surface area contributed by atoms with Gasteiger partial charge in [0.05, 0.1) is 0 Å². The molecular formula is C21H27N9Na3O6PS. The molecular weight excluding hydrogens is 606 g/mol. The fourth-order valence-electron chi connectivity index (χ4n) is 3.50. The van der Waals surface area contributed by atoms with Crippen LogP contribution < -0.4 is 122 Å². The van der Waals surface area contributed by atoms with E-state index in [1.54, 1.807) is 20.8 Å². The van der Waals surface area contributed by atoms with E-state index in [0.29, 0.717) is 17.1 Å². The third-order valence-corrected chi connectivity index (χ3v) is 8.03. The molecule has 0 unspecified atom stereocenters. The van der Waals surface area contributed by atoms with Crippen LogP contribution in [0.25, 0.3) is 15.3 Å². The maximum absolute atomic E-state index is 12.2. The van der Waals surface area contributed by atoms with E-state index >= 15 is 0 Å². The largest absolute Gasteiger partial charge is 1.00 e. The second-order valence-electron chi connectivity index (χ2n) is 8.35. The molecule has 206 valence electrons. The molecule has 3 aromatic rings. The topological polar surface area (TPSA) is 207 Å². The van der Waals surface area contributed by atoms with Gasteiger partial charge in [-0.2, -0.15) is 11.8 Å². The van der Waals surface area contributed by atoms with Crippen LogP contribution >= 0.6 is 6.49 Å². The summed E-state index contributed by atoms with van der Waals surface area (Å²) in [5.74, 6) is 0. The number of rotatable bonds is 12. The first-order chi connectivity index (χ1) is 17.9. The SMILES string of the molecule is Cc1cc(=O)n(CC[N-]P(=S)([N-]CCn2c(=O)cc(C)[nH]c2=O)[N-]CCn2c(=O)cc(C)[nH]c2=O)c(=O)[nH]1.[Na+].[Na+].[Na+]. The van der Waals surface area contributed by atoms with Crippen LogP contribution in [-0.2, 0) is 31.4 Å². The zero-order valence-corrected chi connectivity index (χ0v) is 31.7. The average molecular weight is 634 g/mol. The average Bonchev–Trinajstić information content (AvgIpc) is 2.79. The van der Waals surface area contributed by atoms with E-state index in [2.05, 4.69) is 30.2 Å². The van der Waals surface area contributed by atoms with Crippen LogP contribution in [0.5, 0.6) is 0 Å². The van der Waals surface area contributed by atoms with Gasteiger partial charge < -0.3 is 36.7 Å². The Labute approximate surface area is 305 Å². The van der Waals surface area contributed by atoms with Crippen molar-refractivity contribution in [3.8, 4) is 0 Å². The van der Waals surface area contributed by atoms with Gasteiger partial charge in [-0.05, 0) is 20.8 Å². The maximum atomic E-state index is 12.2. The van der Waals surface area contributed by atoms with Crippen molar-refractivity contribution in [2.75, 3.05) is 19.6 Å². The number of aromatic amines is 3. The predicted molar refractivity (Wildman–Crippen MR) is 147 cm³/mol. The minimum atomic E-state index is -3.22. The molecule has 0 saturated carbocycles. The monoisotopic (exact) mass is 633 g/mol. The van der Waals surface area contributed by atoms with Gasteiger partial charge in [0.2, 0.25) is 0 Å². The molecule has 3 aromatic heterocycles. The van der Waals surface area contributed by atoms with Gasteiger partial charge in [-0.3, -0.25) is 28.1 Å². The first kappa shape index (κ1) is 40.6. The molecule has 0 atom stereocenters. The molecule has 0 aliphatic heterocycles. The molecule has 3 heterocycles. The summed E-state index contributed by atoms with van der Waals surface area (Å²) in [5.41, 5.74) is -2.02. The number of nitrogens with zero attached hydrogens (tertiary/aromatic N) is 6. The molecule has 0 amide bonds. The Kier molecular flexibility index (Phi) is 18.2. The van der Waals surface area contributed by atoms with Gasteiger partial charge in [0.25, 0.3) is 16.7 Å². The Morgan fingerprint density at radius 3 is 1.05 bits per heavy atom. The predicted octanol–water partition coefficient (Wildman–Crippen LogP) is -9.08. The normalized spacial score (nSPS) is 10.8. The van der Waals surface area contributed by atoms with Crippen LogP contribution in [0.1, 0.15) is 17.1 Å². The summed E-state index contributed by atoms with van der Waals surface area (Å²) in [6.07, 6.45) is 0. The summed E-state index contributed by atoms with van der Waals surface area (Å²) in [4.78, 5) is 80.4. The van der Waals surface area contributed by atoms with Crippen molar-refractivity contribution in [2.24, 2.45) is 0 Å². The number of H-pyrrole nitrogens is 3. The molecule has 15 nitrogen and oxygen atoms in total. The zero-order valence-electron chi connectivity index (χ0n) is 24.0. The molecule has 0 aliphatic rings. The van der Waals surface area contributed by atoms with Crippen LogP contribution in [0.2, 0.25) is 0 Å². The summed E-state index contributed by atoms with van der Waals surface area (Å²) >= 11 is 5.60. The Morgan fingerprint density at radius 1 is 0.585 bits per heavy atom. The van der Waals surface area contributed by atoms with E-state index in [4.69, 9.17) is 11.8 Å². The summed E-state index contributed by atoms with van der Waals surface area (Å²) in [5, 5.41) is 13.1. The standard InChI is InChI=1S/C21H30N9O6PS.3Na/c1-13-10-16(31)28(19(34)25-13)7-4-22-37(38,23-5-8-29-17(32)11-14(2)26-20(29)35)24-6-9-30-18(33)12-15(3)27-21(30)36;;;/h10-12H,4-9H2,1-3H3,(H6,22,23,24,25,26,27,31,32,33,34,35,36,38);;;/q;3*+1/p-3. The summed E-state index contributed by atoms with van der Waals surface area (Å²) in [7, 11) is 0. The second kappa shape index (κ2) is 18.4. The van der Waals surface area contributed by atoms with Crippen LogP contribution in [0.15, 0.2) is 47.0 Å². The van der Waals surface area contributed by atoms with Gasteiger partial charge in [0.15, 0.2) is 0 Å².